The number of rotatable bonds is 10. The highest BCUT2D eigenvalue weighted by molar-refractivity contribution is 5.85. The fraction of sp³-hybridized carbons (Fsp3) is 0.545. The van der Waals surface area contributed by atoms with Gasteiger partial charge in [0, 0.05) is 24.7 Å². The molecule has 1 heterocycles. The van der Waals surface area contributed by atoms with E-state index in [2.05, 4.69) is 55.5 Å². The number of halogens is 1. The molecule has 0 aliphatic carbocycles. The Kier molecular flexibility index (Phi) is 10.3. The molecular formula is C22H35ClN4O. The minimum Gasteiger partial charge on any atom is -0.352 e. The summed E-state index contributed by atoms with van der Waals surface area (Å²) < 4.78 is 2.04. The van der Waals surface area contributed by atoms with Gasteiger partial charge in [0.05, 0.1) is 12.2 Å². The molecular weight excluding hydrogens is 372 g/mol. The zero-order valence-corrected chi connectivity index (χ0v) is 18.4. The van der Waals surface area contributed by atoms with Crippen molar-refractivity contribution in [3.8, 4) is 0 Å². The Bertz CT molecular complexity index is 740. The van der Waals surface area contributed by atoms with E-state index in [4.69, 9.17) is 5.73 Å². The van der Waals surface area contributed by atoms with Gasteiger partial charge in [0.15, 0.2) is 0 Å². The first kappa shape index (κ1) is 24.2. The van der Waals surface area contributed by atoms with Crippen LogP contribution in [0.5, 0.6) is 0 Å². The van der Waals surface area contributed by atoms with Crippen molar-refractivity contribution >= 4 is 18.3 Å². The van der Waals surface area contributed by atoms with Crippen molar-refractivity contribution in [1.29, 1.82) is 0 Å². The molecule has 0 bridgehead atoms. The van der Waals surface area contributed by atoms with Gasteiger partial charge in [0.2, 0.25) is 5.91 Å². The van der Waals surface area contributed by atoms with Crippen molar-refractivity contribution in [1.82, 2.24) is 15.1 Å². The average Bonchev–Trinajstić information content (AvgIpc) is 2.92. The van der Waals surface area contributed by atoms with Crippen molar-refractivity contribution in [3.63, 3.8) is 0 Å². The molecule has 0 aliphatic heterocycles. The SMILES string of the molecule is CCCCC(CN)NC(=O)CCc1c(C)nn(Cc2ccc(C)cc2)c1C.Cl. The Hall–Kier alpha value is -1.85. The molecule has 1 atom stereocenters. The van der Waals surface area contributed by atoms with E-state index >= 15 is 0 Å². The van der Waals surface area contributed by atoms with Crippen LogP contribution in [0.15, 0.2) is 24.3 Å². The lowest BCUT2D eigenvalue weighted by Gasteiger charge is -2.16. The molecule has 0 saturated carbocycles. The number of hydrogen-bond acceptors (Lipinski definition) is 3. The van der Waals surface area contributed by atoms with Crippen LogP contribution in [-0.4, -0.2) is 28.3 Å². The van der Waals surface area contributed by atoms with Crippen LogP contribution >= 0.6 is 12.4 Å². The summed E-state index contributed by atoms with van der Waals surface area (Å²) in [6.45, 7) is 9.60. The summed E-state index contributed by atoms with van der Waals surface area (Å²) >= 11 is 0. The monoisotopic (exact) mass is 406 g/mol. The zero-order valence-electron chi connectivity index (χ0n) is 17.6. The van der Waals surface area contributed by atoms with Gasteiger partial charge in [-0.05, 0) is 44.7 Å². The van der Waals surface area contributed by atoms with Gasteiger partial charge in [-0.3, -0.25) is 9.48 Å². The summed E-state index contributed by atoms with van der Waals surface area (Å²) in [6, 6.07) is 8.62. The van der Waals surface area contributed by atoms with E-state index in [0.29, 0.717) is 19.4 Å². The minimum atomic E-state index is 0. The highest BCUT2D eigenvalue weighted by atomic mass is 35.5. The van der Waals surface area contributed by atoms with E-state index in [1.54, 1.807) is 0 Å². The van der Waals surface area contributed by atoms with Gasteiger partial charge in [-0.25, -0.2) is 0 Å². The normalized spacial score (nSPS) is 11.8. The molecule has 2 aromatic rings. The maximum atomic E-state index is 12.3. The summed E-state index contributed by atoms with van der Waals surface area (Å²) in [4.78, 5) is 12.3. The Balaban J connectivity index is 0.00000392. The van der Waals surface area contributed by atoms with Crippen molar-refractivity contribution in [3.05, 3.63) is 52.3 Å². The number of nitrogens with zero attached hydrogens (tertiary/aromatic N) is 2. The van der Waals surface area contributed by atoms with E-state index < -0.39 is 0 Å². The maximum Gasteiger partial charge on any atom is 0.220 e. The second-order valence-corrected chi connectivity index (χ2v) is 7.43. The van der Waals surface area contributed by atoms with Crippen LogP contribution in [0.2, 0.25) is 0 Å². The standard InChI is InChI=1S/C22H34N4O.ClH/c1-5-6-7-20(14-23)24-22(27)13-12-21-17(3)25-26(18(21)4)15-19-10-8-16(2)9-11-19;/h8-11,20H,5-7,12-15,23H2,1-4H3,(H,24,27);1H. The molecule has 6 heteroatoms. The molecule has 2 rings (SSSR count). The number of hydrogen-bond donors (Lipinski definition) is 2. The smallest absolute Gasteiger partial charge is 0.220 e. The zero-order chi connectivity index (χ0) is 19.8. The third-order valence-electron chi connectivity index (χ3n) is 5.14. The molecule has 1 unspecified atom stereocenters. The van der Waals surface area contributed by atoms with Crippen LogP contribution in [0.3, 0.4) is 0 Å². The molecule has 5 nitrogen and oxygen atoms in total. The fourth-order valence-electron chi connectivity index (χ4n) is 3.35. The van der Waals surface area contributed by atoms with Crippen LogP contribution in [-0.2, 0) is 17.8 Å². The Morgan fingerprint density at radius 2 is 1.89 bits per heavy atom. The Labute approximate surface area is 175 Å². The molecule has 1 amide bonds. The van der Waals surface area contributed by atoms with Crippen molar-refractivity contribution in [2.75, 3.05) is 6.54 Å². The number of nitrogens with one attached hydrogen (secondary N) is 1. The summed E-state index contributed by atoms with van der Waals surface area (Å²) in [5.41, 5.74) is 11.6. The van der Waals surface area contributed by atoms with Crippen molar-refractivity contribution in [2.45, 2.75) is 72.4 Å². The number of carbonyl (C=O) groups is 1. The second kappa shape index (κ2) is 11.9. The van der Waals surface area contributed by atoms with Gasteiger partial charge >= 0.3 is 0 Å². The lowest BCUT2D eigenvalue weighted by atomic mass is 10.1. The van der Waals surface area contributed by atoms with Crippen LogP contribution in [0, 0.1) is 20.8 Å². The third-order valence-corrected chi connectivity index (χ3v) is 5.14. The van der Waals surface area contributed by atoms with Crippen LogP contribution in [0.1, 0.15) is 60.7 Å². The average molecular weight is 407 g/mol. The number of amides is 1. The second-order valence-electron chi connectivity index (χ2n) is 7.43. The molecule has 0 aliphatic rings. The predicted octanol–water partition coefficient (Wildman–Crippen LogP) is 3.84. The van der Waals surface area contributed by atoms with E-state index in [-0.39, 0.29) is 24.4 Å². The summed E-state index contributed by atoms with van der Waals surface area (Å²) in [5.74, 6) is 0.0756. The summed E-state index contributed by atoms with van der Waals surface area (Å²) in [6.07, 6.45) is 4.34. The van der Waals surface area contributed by atoms with E-state index in [0.717, 1.165) is 37.2 Å². The molecule has 0 radical (unpaired) electrons. The number of aryl methyl sites for hydroxylation is 2. The first-order valence-corrected chi connectivity index (χ1v) is 10.0. The fourth-order valence-corrected chi connectivity index (χ4v) is 3.35. The largest absolute Gasteiger partial charge is 0.352 e. The predicted molar refractivity (Wildman–Crippen MR) is 118 cm³/mol. The maximum absolute atomic E-state index is 12.3. The number of nitrogens with two attached hydrogens (primary N) is 1. The highest BCUT2D eigenvalue weighted by Gasteiger charge is 2.15. The van der Waals surface area contributed by atoms with Crippen molar-refractivity contribution in [2.24, 2.45) is 5.73 Å². The highest BCUT2D eigenvalue weighted by Crippen LogP contribution is 2.17. The summed E-state index contributed by atoms with van der Waals surface area (Å²) in [5, 5.41) is 7.76. The van der Waals surface area contributed by atoms with Crippen LogP contribution in [0.25, 0.3) is 0 Å². The molecule has 3 N–H and O–H groups in total. The topological polar surface area (TPSA) is 72.9 Å². The Morgan fingerprint density at radius 1 is 1.21 bits per heavy atom. The first-order chi connectivity index (χ1) is 12.9. The molecule has 28 heavy (non-hydrogen) atoms. The molecule has 1 aromatic carbocycles. The molecule has 0 fully saturated rings. The van der Waals surface area contributed by atoms with Gasteiger partial charge in [0.1, 0.15) is 0 Å². The van der Waals surface area contributed by atoms with Gasteiger partial charge in [-0.15, -0.1) is 12.4 Å². The number of aromatic nitrogens is 2. The number of benzene rings is 1. The third kappa shape index (κ3) is 6.95. The first-order valence-electron chi connectivity index (χ1n) is 10.0. The summed E-state index contributed by atoms with van der Waals surface area (Å²) in [7, 11) is 0. The molecule has 0 saturated heterocycles. The quantitative estimate of drug-likeness (QED) is 0.629. The van der Waals surface area contributed by atoms with Gasteiger partial charge in [-0.1, -0.05) is 49.6 Å². The van der Waals surface area contributed by atoms with Crippen LogP contribution < -0.4 is 11.1 Å². The van der Waals surface area contributed by atoms with Gasteiger partial charge in [0.25, 0.3) is 0 Å². The lowest BCUT2D eigenvalue weighted by molar-refractivity contribution is -0.121. The lowest BCUT2D eigenvalue weighted by Crippen LogP contribution is -2.40. The van der Waals surface area contributed by atoms with E-state index in [1.165, 1.54) is 16.7 Å². The van der Waals surface area contributed by atoms with E-state index in [9.17, 15) is 4.79 Å². The van der Waals surface area contributed by atoms with Crippen molar-refractivity contribution < 1.29 is 4.79 Å². The van der Waals surface area contributed by atoms with Gasteiger partial charge in [-0.2, -0.15) is 5.10 Å². The Morgan fingerprint density at radius 3 is 2.50 bits per heavy atom. The minimum absolute atomic E-state index is 0. The number of carbonyl (C=O) groups excluding carboxylic acids is 1. The van der Waals surface area contributed by atoms with Gasteiger partial charge < -0.3 is 11.1 Å². The molecule has 156 valence electrons. The van der Waals surface area contributed by atoms with Crippen LogP contribution in [0.4, 0.5) is 0 Å². The molecule has 0 spiro atoms. The van der Waals surface area contributed by atoms with E-state index in [1.807, 2.05) is 11.6 Å². The number of unbranched alkanes of at least 4 members (excludes halogenated alkanes) is 1. The molecule has 1 aromatic heterocycles.